The molecule has 170 valence electrons. The molecule has 0 radical (unpaired) electrons. The summed E-state index contributed by atoms with van der Waals surface area (Å²) in [5, 5.41) is 17.0. The van der Waals surface area contributed by atoms with Crippen LogP contribution in [0.2, 0.25) is 0 Å². The fourth-order valence-electron chi connectivity index (χ4n) is 4.09. The van der Waals surface area contributed by atoms with Crippen molar-refractivity contribution in [2.24, 2.45) is 4.99 Å². The van der Waals surface area contributed by atoms with Crippen LogP contribution in [0.5, 0.6) is 5.75 Å². The number of carboxylic acids is 1. The van der Waals surface area contributed by atoms with Crippen molar-refractivity contribution in [1.29, 1.82) is 0 Å². The third kappa shape index (κ3) is 4.75. The van der Waals surface area contributed by atoms with Crippen LogP contribution >= 0.6 is 11.7 Å². The highest BCUT2D eigenvalue weighted by atomic mass is 32.1. The van der Waals surface area contributed by atoms with Crippen molar-refractivity contribution < 1.29 is 14.6 Å². The molecule has 1 aliphatic heterocycles. The molecule has 0 aliphatic carbocycles. The molecule has 4 N–H and O–H groups in total. The van der Waals surface area contributed by atoms with E-state index in [0.717, 1.165) is 82.6 Å². The Labute approximate surface area is 194 Å². The molecule has 10 heteroatoms. The van der Waals surface area contributed by atoms with E-state index in [2.05, 4.69) is 29.4 Å². The second kappa shape index (κ2) is 9.45. The Morgan fingerprint density at radius 3 is 2.97 bits per heavy atom. The predicted molar refractivity (Wildman–Crippen MR) is 128 cm³/mol. The number of nitrogens with zero attached hydrogens (tertiary/aromatic N) is 3. The fraction of sp³-hybridized carbons (Fsp3) is 0.304. The number of ether oxygens (including phenoxy) is 1. The van der Waals surface area contributed by atoms with Crippen molar-refractivity contribution in [3.63, 3.8) is 0 Å². The van der Waals surface area contributed by atoms with Gasteiger partial charge in [0, 0.05) is 42.2 Å². The average Bonchev–Trinajstić information content (AvgIpc) is 3.57. The molecule has 1 unspecified atom stereocenters. The molecular formula is C23H24N6O3S. The lowest BCUT2D eigenvalue weighted by atomic mass is 9.88. The molecule has 3 heterocycles. The first-order valence-electron chi connectivity index (χ1n) is 10.9. The lowest BCUT2D eigenvalue weighted by Crippen LogP contribution is -2.34. The average molecular weight is 465 g/mol. The highest BCUT2D eigenvalue weighted by Crippen LogP contribution is 2.35. The quantitative estimate of drug-likeness (QED) is 0.281. The summed E-state index contributed by atoms with van der Waals surface area (Å²) in [6.45, 7) is 3.08. The second-order valence-corrected chi connectivity index (χ2v) is 8.43. The lowest BCUT2D eigenvalue weighted by Gasteiger charge is -2.15. The molecule has 9 nitrogen and oxygen atoms in total. The van der Waals surface area contributed by atoms with E-state index in [-0.39, 0.29) is 12.3 Å². The van der Waals surface area contributed by atoms with E-state index in [9.17, 15) is 9.90 Å². The molecule has 1 aliphatic rings. The number of hydrogen-bond donors (Lipinski definition) is 4. The number of benzene rings is 2. The summed E-state index contributed by atoms with van der Waals surface area (Å²) < 4.78 is 14.5. The van der Waals surface area contributed by atoms with Crippen LogP contribution < -0.4 is 15.4 Å². The molecule has 2 aromatic carbocycles. The van der Waals surface area contributed by atoms with Crippen LogP contribution in [0.1, 0.15) is 29.9 Å². The summed E-state index contributed by atoms with van der Waals surface area (Å²) in [6, 6.07) is 11.6. The van der Waals surface area contributed by atoms with Crippen molar-refractivity contribution in [2.75, 3.05) is 26.2 Å². The Bertz CT molecular complexity index is 1310. The number of carboxylic acid groups (broad SMARTS) is 1. The molecule has 2 aromatic heterocycles. The molecule has 5 rings (SSSR count). The zero-order valence-corrected chi connectivity index (χ0v) is 18.7. The summed E-state index contributed by atoms with van der Waals surface area (Å²) in [6.07, 6.45) is 2.73. The van der Waals surface area contributed by atoms with E-state index >= 15 is 0 Å². The van der Waals surface area contributed by atoms with Crippen molar-refractivity contribution in [3.05, 3.63) is 53.7 Å². The minimum Gasteiger partial charge on any atom is -0.493 e. The number of hydrogen-bond acceptors (Lipinski definition) is 8. The summed E-state index contributed by atoms with van der Waals surface area (Å²) in [7, 11) is 0. The van der Waals surface area contributed by atoms with Gasteiger partial charge in [0.2, 0.25) is 0 Å². The van der Waals surface area contributed by atoms with Gasteiger partial charge in [-0.3, -0.25) is 9.79 Å². The van der Waals surface area contributed by atoms with Gasteiger partial charge in [0.1, 0.15) is 16.8 Å². The van der Waals surface area contributed by atoms with Gasteiger partial charge in [-0.25, -0.2) is 0 Å². The van der Waals surface area contributed by atoms with Crippen molar-refractivity contribution in [3.8, 4) is 5.75 Å². The van der Waals surface area contributed by atoms with E-state index < -0.39 is 5.97 Å². The Balaban J connectivity index is 1.31. The minimum atomic E-state index is -0.849. The van der Waals surface area contributed by atoms with Crippen LogP contribution in [0.25, 0.3) is 21.9 Å². The number of guanidine groups is 1. The summed E-state index contributed by atoms with van der Waals surface area (Å²) in [5.41, 5.74) is 4.37. The van der Waals surface area contributed by atoms with Crippen LogP contribution in [-0.2, 0) is 4.79 Å². The Kier molecular flexibility index (Phi) is 6.07. The number of aromatic amines is 1. The van der Waals surface area contributed by atoms with Gasteiger partial charge in [0.25, 0.3) is 0 Å². The predicted octanol–water partition coefficient (Wildman–Crippen LogP) is 3.10. The van der Waals surface area contributed by atoms with E-state index in [1.54, 1.807) is 0 Å². The zero-order chi connectivity index (χ0) is 22.6. The maximum absolute atomic E-state index is 11.7. The summed E-state index contributed by atoms with van der Waals surface area (Å²) in [4.78, 5) is 19.3. The fourth-order valence-corrected chi connectivity index (χ4v) is 4.61. The molecule has 0 saturated carbocycles. The van der Waals surface area contributed by atoms with E-state index in [1.165, 1.54) is 0 Å². The Hall–Kier alpha value is -3.66. The highest BCUT2D eigenvalue weighted by molar-refractivity contribution is 7.00. The van der Waals surface area contributed by atoms with Gasteiger partial charge < -0.3 is 25.5 Å². The first kappa shape index (κ1) is 21.2. The van der Waals surface area contributed by atoms with Gasteiger partial charge in [0.05, 0.1) is 31.3 Å². The van der Waals surface area contributed by atoms with Crippen LogP contribution in [-0.4, -0.2) is 57.0 Å². The summed E-state index contributed by atoms with van der Waals surface area (Å²) >= 11 is 1.16. The molecule has 0 amide bonds. The molecule has 0 spiro atoms. The number of aliphatic carboxylic acids is 1. The maximum atomic E-state index is 11.7. The van der Waals surface area contributed by atoms with Gasteiger partial charge in [-0.1, -0.05) is 6.07 Å². The molecule has 0 bridgehead atoms. The van der Waals surface area contributed by atoms with Gasteiger partial charge in [-0.05, 0) is 41.8 Å². The number of H-pyrrole nitrogens is 1. The summed E-state index contributed by atoms with van der Waals surface area (Å²) in [5.74, 6) is 0.485. The van der Waals surface area contributed by atoms with Crippen molar-refractivity contribution in [1.82, 2.24) is 24.4 Å². The smallest absolute Gasteiger partial charge is 0.304 e. The van der Waals surface area contributed by atoms with E-state index in [4.69, 9.17) is 4.74 Å². The first-order valence-corrected chi connectivity index (χ1v) is 11.6. The number of rotatable bonds is 9. The first-order chi connectivity index (χ1) is 16.2. The number of fused-ring (bicyclic) bond motifs is 2. The molecular weight excluding hydrogens is 440 g/mol. The molecule has 0 saturated heterocycles. The van der Waals surface area contributed by atoms with Crippen LogP contribution in [0.15, 0.2) is 47.6 Å². The number of aliphatic imine (C=N–C) groups is 1. The molecule has 4 aromatic rings. The minimum absolute atomic E-state index is 0.0125. The van der Waals surface area contributed by atoms with Gasteiger partial charge in [-0.15, -0.1) is 0 Å². The topological polar surface area (TPSA) is 125 Å². The Morgan fingerprint density at radius 2 is 2.12 bits per heavy atom. The highest BCUT2D eigenvalue weighted by Gasteiger charge is 2.22. The SMILES string of the molecule is O=C(O)CC(c1ccc2nsnc2c1)c1c[nH]c2cc(OCCCNC3=NCCN3)ccc12. The zero-order valence-electron chi connectivity index (χ0n) is 17.9. The monoisotopic (exact) mass is 464 g/mol. The normalized spacial score (nSPS) is 14.2. The van der Waals surface area contributed by atoms with Crippen molar-refractivity contribution in [2.45, 2.75) is 18.8 Å². The number of carbonyl (C=O) groups is 1. The maximum Gasteiger partial charge on any atom is 0.304 e. The standard InChI is InChI=1S/C23H24N6O3S/c30-22(31)12-17(14-2-5-19-21(10-14)29-33-28-19)18-13-27-20-11-15(3-4-16(18)20)32-9-1-6-24-23-25-7-8-26-23/h2-5,10-11,13,17,27H,1,6-9,12H2,(H,30,31)(H2,24,25,26). The third-order valence-electron chi connectivity index (χ3n) is 5.68. The number of aromatic nitrogens is 3. The van der Waals surface area contributed by atoms with Crippen molar-refractivity contribution >= 4 is 45.6 Å². The van der Waals surface area contributed by atoms with Crippen LogP contribution in [0.4, 0.5) is 0 Å². The molecule has 0 fully saturated rings. The largest absolute Gasteiger partial charge is 0.493 e. The van der Waals surface area contributed by atoms with Gasteiger partial charge >= 0.3 is 5.97 Å². The van der Waals surface area contributed by atoms with Gasteiger partial charge in [-0.2, -0.15) is 8.75 Å². The Morgan fingerprint density at radius 1 is 1.21 bits per heavy atom. The van der Waals surface area contributed by atoms with Crippen LogP contribution in [0.3, 0.4) is 0 Å². The van der Waals surface area contributed by atoms with E-state index in [0.29, 0.717) is 6.61 Å². The second-order valence-electron chi connectivity index (χ2n) is 7.90. The third-order valence-corrected chi connectivity index (χ3v) is 6.23. The lowest BCUT2D eigenvalue weighted by molar-refractivity contribution is -0.137. The number of nitrogens with one attached hydrogen (secondary N) is 3. The molecule has 1 atom stereocenters. The van der Waals surface area contributed by atoms with Crippen LogP contribution in [0, 0.1) is 0 Å². The molecule has 33 heavy (non-hydrogen) atoms. The van der Waals surface area contributed by atoms with Gasteiger partial charge in [0.15, 0.2) is 5.96 Å². The van der Waals surface area contributed by atoms with E-state index in [1.807, 2.05) is 42.6 Å².